The van der Waals surface area contributed by atoms with Gasteiger partial charge in [-0.15, -0.1) is 10.2 Å². The fraction of sp³-hybridized carbons (Fsp3) is 0.474. The molecule has 1 aromatic carbocycles. The number of carbonyl (C=O) groups is 2. The summed E-state index contributed by atoms with van der Waals surface area (Å²) >= 11 is 1.39. The van der Waals surface area contributed by atoms with Crippen molar-refractivity contribution in [2.45, 2.75) is 57.1 Å². The molecule has 138 valence electrons. The molecule has 1 aliphatic rings. The van der Waals surface area contributed by atoms with Crippen LogP contribution in [0.15, 0.2) is 23.4 Å². The Balaban J connectivity index is 1.65. The Labute approximate surface area is 157 Å². The molecule has 1 aromatic heterocycles. The topological polar surface area (TPSA) is 90.9 Å². The maximum absolute atomic E-state index is 12.6. The van der Waals surface area contributed by atoms with Crippen molar-refractivity contribution in [3.8, 4) is 0 Å². The second kappa shape index (κ2) is 8.49. The van der Waals surface area contributed by atoms with Gasteiger partial charge < -0.3 is 10.3 Å². The Kier molecular flexibility index (Phi) is 6.08. The first kappa shape index (κ1) is 18.6. The van der Waals surface area contributed by atoms with Crippen molar-refractivity contribution in [2.75, 3.05) is 5.75 Å². The first-order valence-corrected chi connectivity index (χ1v) is 10.0. The van der Waals surface area contributed by atoms with Crippen molar-refractivity contribution >= 4 is 23.5 Å². The molecule has 6 nitrogen and oxygen atoms in total. The standard InChI is InChI=1S/C19H24N4O2S/c1-2-23-18(10-9-17(20)25)21-22-19(23)26-12-16(24)15-8-7-13-5-3-4-6-14(13)11-15/h7-8,11H,2-6,9-10,12H2,1H3,(H2,20,25). The Morgan fingerprint density at radius 3 is 2.69 bits per heavy atom. The third kappa shape index (κ3) is 4.33. The van der Waals surface area contributed by atoms with Gasteiger partial charge in [0.2, 0.25) is 5.91 Å². The highest BCUT2D eigenvalue weighted by atomic mass is 32.2. The molecule has 0 bridgehead atoms. The Hall–Kier alpha value is -2.15. The minimum absolute atomic E-state index is 0.104. The molecule has 0 atom stereocenters. The zero-order valence-corrected chi connectivity index (χ0v) is 15.8. The number of rotatable bonds is 8. The predicted octanol–water partition coefficient (Wildman–Crippen LogP) is 2.57. The van der Waals surface area contributed by atoms with Crippen LogP contribution in [-0.2, 0) is 30.6 Å². The van der Waals surface area contributed by atoms with E-state index >= 15 is 0 Å². The zero-order valence-electron chi connectivity index (χ0n) is 15.0. The number of nitrogens with two attached hydrogens (primary N) is 1. The molecule has 7 heteroatoms. The number of carbonyl (C=O) groups excluding carboxylic acids is 2. The molecule has 1 heterocycles. The second-order valence-corrected chi connectivity index (χ2v) is 7.45. The van der Waals surface area contributed by atoms with E-state index in [4.69, 9.17) is 5.73 Å². The molecule has 1 amide bonds. The summed E-state index contributed by atoms with van der Waals surface area (Å²) in [6, 6.07) is 6.10. The number of primary amides is 1. The predicted molar refractivity (Wildman–Crippen MR) is 101 cm³/mol. The van der Waals surface area contributed by atoms with E-state index in [1.807, 2.05) is 17.6 Å². The molecule has 26 heavy (non-hydrogen) atoms. The van der Waals surface area contributed by atoms with Crippen LogP contribution in [-0.4, -0.2) is 32.2 Å². The molecule has 0 saturated carbocycles. The van der Waals surface area contributed by atoms with Gasteiger partial charge in [-0.3, -0.25) is 9.59 Å². The lowest BCUT2D eigenvalue weighted by Crippen LogP contribution is -2.13. The van der Waals surface area contributed by atoms with Gasteiger partial charge in [-0.25, -0.2) is 0 Å². The van der Waals surface area contributed by atoms with Crippen molar-refractivity contribution in [3.63, 3.8) is 0 Å². The number of benzene rings is 1. The highest BCUT2D eigenvalue weighted by Gasteiger charge is 2.16. The minimum Gasteiger partial charge on any atom is -0.370 e. The normalized spacial score (nSPS) is 13.4. The molecule has 3 rings (SSSR count). The maximum Gasteiger partial charge on any atom is 0.217 e. The summed E-state index contributed by atoms with van der Waals surface area (Å²) in [5.41, 5.74) is 8.67. The molecule has 0 fully saturated rings. The second-order valence-electron chi connectivity index (χ2n) is 6.51. The van der Waals surface area contributed by atoms with Gasteiger partial charge in [0, 0.05) is 24.9 Å². The van der Waals surface area contributed by atoms with Crippen LogP contribution in [0.25, 0.3) is 0 Å². The quantitative estimate of drug-likeness (QED) is 0.568. The van der Waals surface area contributed by atoms with Crippen LogP contribution in [0, 0.1) is 0 Å². The van der Waals surface area contributed by atoms with Gasteiger partial charge in [0.25, 0.3) is 0 Å². The largest absolute Gasteiger partial charge is 0.370 e. The number of ketones is 1. The Morgan fingerprint density at radius 1 is 1.19 bits per heavy atom. The fourth-order valence-corrected chi connectivity index (χ4v) is 4.20. The first-order valence-electron chi connectivity index (χ1n) is 9.06. The van der Waals surface area contributed by atoms with Gasteiger partial charge in [-0.1, -0.05) is 23.9 Å². The lowest BCUT2D eigenvalue weighted by atomic mass is 9.90. The maximum atomic E-state index is 12.6. The first-order chi connectivity index (χ1) is 12.6. The molecule has 2 aromatic rings. The van der Waals surface area contributed by atoms with Crippen molar-refractivity contribution in [1.29, 1.82) is 0 Å². The number of hydrogen-bond donors (Lipinski definition) is 1. The third-order valence-corrected chi connectivity index (χ3v) is 5.67. The average molecular weight is 372 g/mol. The number of aromatic nitrogens is 3. The monoisotopic (exact) mass is 372 g/mol. The van der Waals surface area contributed by atoms with Crippen LogP contribution < -0.4 is 5.73 Å². The molecule has 1 aliphatic carbocycles. The number of thioether (sulfide) groups is 1. The highest BCUT2D eigenvalue weighted by molar-refractivity contribution is 7.99. The summed E-state index contributed by atoms with van der Waals surface area (Å²) in [5, 5.41) is 9.02. The zero-order chi connectivity index (χ0) is 18.5. The summed E-state index contributed by atoms with van der Waals surface area (Å²) in [4.78, 5) is 23.6. The molecule has 0 aliphatic heterocycles. The van der Waals surface area contributed by atoms with Gasteiger partial charge in [0.05, 0.1) is 5.75 Å². The SMILES string of the molecule is CCn1c(CCC(N)=O)nnc1SCC(=O)c1ccc2c(c1)CCCC2. The molecule has 0 spiro atoms. The summed E-state index contributed by atoms with van der Waals surface area (Å²) < 4.78 is 1.94. The summed E-state index contributed by atoms with van der Waals surface area (Å²) in [7, 11) is 0. The van der Waals surface area contributed by atoms with Gasteiger partial charge in [-0.05, 0) is 49.8 Å². The number of amides is 1. The molecule has 0 unspecified atom stereocenters. The Bertz CT molecular complexity index is 816. The number of nitrogens with zero attached hydrogens (tertiary/aromatic N) is 3. The van der Waals surface area contributed by atoms with Gasteiger partial charge in [0.1, 0.15) is 5.82 Å². The molecular formula is C19H24N4O2S. The lowest BCUT2D eigenvalue weighted by molar-refractivity contribution is -0.118. The van der Waals surface area contributed by atoms with E-state index in [0.717, 1.165) is 24.2 Å². The van der Waals surface area contributed by atoms with E-state index in [1.165, 1.54) is 35.7 Å². The minimum atomic E-state index is -0.354. The van der Waals surface area contributed by atoms with Crippen LogP contribution in [0.5, 0.6) is 0 Å². The van der Waals surface area contributed by atoms with Crippen molar-refractivity contribution in [3.05, 3.63) is 40.7 Å². The lowest BCUT2D eigenvalue weighted by Gasteiger charge is -2.16. The molecule has 0 saturated heterocycles. The third-order valence-electron chi connectivity index (χ3n) is 4.71. The van der Waals surface area contributed by atoms with Crippen molar-refractivity contribution < 1.29 is 9.59 Å². The van der Waals surface area contributed by atoms with E-state index in [2.05, 4.69) is 22.3 Å². The number of hydrogen-bond acceptors (Lipinski definition) is 5. The molecular weight excluding hydrogens is 348 g/mol. The van der Waals surface area contributed by atoms with Gasteiger partial charge in [0.15, 0.2) is 10.9 Å². The van der Waals surface area contributed by atoms with E-state index in [9.17, 15) is 9.59 Å². The van der Waals surface area contributed by atoms with Crippen LogP contribution in [0.2, 0.25) is 0 Å². The van der Waals surface area contributed by atoms with E-state index in [-0.39, 0.29) is 18.1 Å². The average Bonchev–Trinajstić information content (AvgIpc) is 3.05. The van der Waals surface area contributed by atoms with Crippen LogP contribution in [0.4, 0.5) is 0 Å². The molecule has 2 N–H and O–H groups in total. The molecule has 0 radical (unpaired) electrons. The fourth-order valence-electron chi connectivity index (χ4n) is 3.28. The van der Waals surface area contributed by atoms with Gasteiger partial charge >= 0.3 is 0 Å². The summed E-state index contributed by atoms with van der Waals surface area (Å²) in [6.45, 7) is 2.68. The summed E-state index contributed by atoms with van der Waals surface area (Å²) in [5.74, 6) is 0.808. The van der Waals surface area contributed by atoms with E-state index < -0.39 is 0 Å². The number of Topliss-reactive ketones (excluding diaryl/α,β-unsaturated/α-hetero) is 1. The summed E-state index contributed by atoms with van der Waals surface area (Å²) in [6.07, 6.45) is 5.34. The van der Waals surface area contributed by atoms with Crippen molar-refractivity contribution in [2.24, 2.45) is 5.73 Å². The van der Waals surface area contributed by atoms with Gasteiger partial charge in [-0.2, -0.15) is 0 Å². The Morgan fingerprint density at radius 2 is 1.96 bits per heavy atom. The van der Waals surface area contributed by atoms with Crippen LogP contribution in [0.1, 0.15) is 53.5 Å². The number of fused-ring (bicyclic) bond motifs is 1. The number of aryl methyl sites for hydroxylation is 3. The van der Waals surface area contributed by atoms with Crippen LogP contribution >= 0.6 is 11.8 Å². The van der Waals surface area contributed by atoms with Crippen molar-refractivity contribution in [1.82, 2.24) is 14.8 Å². The highest BCUT2D eigenvalue weighted by Crippen LogP contribution is 2.24. The van der Waals surface area contributed by atoms with E-state index in [1.54, 1.807) is 0 Å². The van der Waals surface area contributed by atoms with E-state index in [0.29, 0.717) is 23.9 Å². The smallest absolute Gasteiger partial charge is 0.217 e. The van der Waals surface area contributed by atoms with Crippen LogP contribution in [0.3, 0.4) is 0 Å².